The molecule has 1 amide bonds. The third kappa shape index (κ3) is 1.54. The molecule has 1 rings (SSSR count). The summed E-state index contributed by atoms with van der Waals surface area (Å²) in [6.07, 6.45) is 0. The van der Waals surface area contributed by atoms with Gasteiger partial charge < -0.3 is 5.32 Å². The molecular formula is C8H10N2O2. The van der Waals surface area contributed by atoms with Crippen molar-refractivity contribution in [2.24, 2.45) is 0 Å². The van der Waals surface area contributed by atoms with Gasteiger partial charge in [-0.1, -0.05) is 12.1 Å². The van der Waals surface area contributed by atoms with Crippen LogP contribution in [-0.4, -0.2) is 18.2 Å². The summed E-state index contributed by atoms with van der Waals surface area (Å²) in [4.78, 5) is 11.0. The first kappa shape index (κ1) is 8.55. The zero-order valence-electron chi connectivity index (χ0n) is 6.66. The number of hydrogen-bond acceptors (Lipinski definition) is 3. The maximum Gasteiger partial charge on any atom is 0.276 e. The van der Waals surface area contributed by atoms with Gasteiger partial charge in [0, 0.05) is 12.7 Å². The van der Waals surface area contributed by atoms with E-state index in [0.29, 0.717) is 11.3 Å². The number of nitrogens with one attached hydrogen (secondary N) is 2. The molecule has 0 aliphatic heterocycles. The van der Waals surface area contributed by atoms with Gasteiger partial charge in [0.25, 0.3) is 5.91 Å². The van der Waals surface area contributed by atoms with E-state index in [9.17, 15) is 4.79 Å². The Kier molecular flexibility index (Phi) is 2.66. The molecule has 64 valence electrons. The lowest BCUT2D eigenvalue weighted by atomic mass is 10.2. The normalized spacial score (nSPS) is 9.17. The van der Waals surface area contributed by atoms with Crippen molar-refractivity contribution in [2.45, 2.75) is 0 Å². The van der Waals surface area contributed by atoms with E-state index in [1.807, 2.05) is 0 Å². The second-order valence-electron chi connectivity index (χ2n) is 2.24. The Morgan fingerprint density at radius 1 is 1.42 bits per heavy atom. The zero-order chi connectivity index (χ0) is 8.97. The van der Waals surface area contributed by atoms with Crippen molar-refractivity contribution in [1.82, 2.24) is 5.48 Å². The van der Waals surface area contributed by atoms with E-state index in [0.717, 1.165) is 0 Å². The molecule has 1 aromatic carbocycles. The number of amides is 1. The van der Waals surface area contributed by atoms with Gasteiger partial charge in [0.05, 0.1) is 5.56 Å². The number of hydroxylamine groups is 1. The molecule has 0 bridgehead atoms. The SMILES string of the molecule is CNc1ccccc1C(=O)NO. The molecule has 0 aromatic heterocycles. The summed E-state index contributed by atoms with van der Waals surface area (Å²) >= 11 is 0. The number of rotatable bonds is 2. The minimum absolute atomic E-state index is 0.419. The number of carbonyl (C=O) groups is 1. The summed E-state index contributed by atoms with van der Waals surface area (Å²) in [6, 6.07) is 6.91. The summed E-state index contributed by atoms with van der Waals surface area (Å²) in [6.45, 7) is 0. The molecule has 3 N–H and O–H groups in total. The van der Waals surface area contributed by atoms with E-state index in [1.165, 1.54) is 0 Å². The fourth-order valence-electron chi connectivity index (χ4n) is 0.959. The van der Waals surface area contributed by atoms with Crippen LogP contribution in [0.25, 0.3) is 0 Å². The van der Waals surface area contributed by atoms with Crippen LogP contribution in [0.4, 0.5) is 5.69 Å². The summed E-state index contributed by atoms with van der Waals surface area (Å²) in [5, 5.41) is 11.2. The molecule has 1 aromatic rings. The second kappa shape index (κ2) is 3.73. The zero-order valence-corrected chi connectivity index (χ0v) is 6.66. The van der Waals surface area contributed by atoms with Crippen molar-refractivity contribution in [1.29, 1.82) is 0 Å². The molecule has 0 unspecified atom stereocenters. The number of para-hydroxylation sites is 1. The molecule has 0 heterocycles. The number of anilines is 1. The average Bonchev–Trinajstić information content (AvgIpc) is 2.16. The molecule has 0 aliphatic rings. The number of benzene rings is 1. The standard InChI is InChI=1S/C8H10N2O2/c1-9-7-5-3-2-4-6(7)8(11)10-12/h2-5,9,12H,1H3,(H,10,11). The predicted molar refractivity (Wildman–Crippen MR) is 45.2 cm³/mol. The maximum absolute atomic E-state index is 11.0. The molecule has 4 heteroatoms. The third-order valence-corrected chi connectivity index (χ3v) is 1.54. The van der Waals surface area contributed by atoms with Crippen molar-refractivity contribution < 1.29 is 10.0 Å². The lowest BCUT2D eigenvalue weighted by molar-refractivity contribution is 0.0707. The minimum Gasteiger partial charge on any atom is -0.387 e. The van der Waals surface area contributed by atoms with E-state index in [4.69, 9.17) is 5.21 Å². The smallest absolute Gasteiger partial charge is 0.276 e. The summed E-state index contributed by atoms with van der Waals surface area (Å²) in [5.74, 6) is -0.514. The van der Waals surface area contributed by atoms with E-state index < -0.39 is 5.91 Å². The van der Waals surface area contributed by atoms with E-state index in [1.54, 1.807) is 36.8 Å². The predicted octanol–water partition coefficient (Wildman–Crippen LogP) is 0.847. The molecule has 0 fully saturated rings. The van der Waals surface area contributed by atoms with Gasteiger partial charge in [-0.05, 0) is 12.1 Å². The number of hydrogen-bond donors (Lipinski definition) is 3. The Morgan fingerprint density at radius 2 is 2.08 bits per heavy atom. The van der Waals surface area contributed by atoms with E-state index >= 15 is 0 Å². The van der Waals surface area contributed by atoms with Gasteiger partial charge in [-0.25, -0.2) is 5.48 Å². The molecule has 0 atom stereocenters. The quantitative estimate of drug-likeness (QED) is 0.451. The highest BCUT2D eigenvalue weighted by atomic mass is 16.5. The first-order valence-corrected chi connectivity index (χ1v) is 3.51. The van der Waals surface area contributed by atoms with Gasteiger partial charge in [-0.15, -0.1) is 0 Å². The Bertz CT molecular complexity index is 286. The van der Waals surface area contributed by atoms with Crippen LogP contribution in [0.1, 0.15) is 10.4 Å². The highest BCUT2D eigenvalue weighted by Gasteiger charge is 2.07. The lowest BCUT2D eigenvalue weighted by Gasteiger charge is -2.05. The van der Waals surface area contributed by atoms with Crippen molar-refractivity contribution >= 4 is 11.6 Å². The van der Waals surface area contributed by atoms with Crippen molar-refractivity contribution in [3.05, 3.63) is 29.8 Å². The lowest BCUT2D eigenvalue weighted by Crippen LogP contribution is -2.19. The van der Waals surface area contributed by atoms with Gasteiger partial charge in [0.1, 0.15) is 0 Å². The monoisotopic (exact) mass is 166 g/mol. The van der Waals surface area contributed by atoms with Gasteiger partial charge in [0.2, 0.25) is 0 Å². The number of carbonyl (C=O) groups excluding carboxylic acids is 1. The molecule has 0 spiro atoms. The topological polar surface area (TPSA) is 61.4 Å². The van der Waals surface area contributed by atoms with Crippen LogP contribution in [0.2, 0.25) is 0 Å². The van der Waals surface area contributed by atoms with E-state index in [2.05, 4.69) is 5.32 Å². The Hall–Kier alpha value is -1.55. The molecule has 4 nitrogen and oxygen atoms in total. The van der Waals surface area contributed by atoms with Crippen LogP contribution < -0.4 is 10.8 Å². The largest absolute Gasteiger partial charge is 0.387 e. The van der Waals surface area contributed by atoms with Crippen molar-refractivity contribution in [3.63, 3.8) is 0 Å². The van der Waals surface area contributed by atoms with Crippen LogP contribution in [-0.2, 0) is 0 Å². The summed E-state index contributed by atoms with van der Waals surface area (Å²) in [7, 11) is 1.71. The average molecular weight is 166 g/mol. The van der Waals surface area contributed by atoms with Crippen LogP contribution in [0.5, 0.6) is 0 Å². The molecular weight excluding hydrogens is 156 g/mol. The van der Waals surface area contributed by atoms with Crippen LogP contribution >= 0.6 is 0 Å². The minimum atomic E-state index is -0.514. The van der Waals surface area contributed by atoms with Gasteiger partial charge in [-0.2, -0.15) is 0 Å². The fourth-order valence-corrected chi connectivity index (χ4v) is 0.959. The van der Waals surface area contributed by atoms with Gasteiger partial charge >= 0.3 is 0 Å². The maximum atomic E-state index is 11.0. The van der Waals surface area contributed by atoms with Gasteiger partial charge in [0.15, 0.2) is 0 Å². The second-order valence-corrected chi connectivity index (χ2v) is 2.24. The third-order valence-electron chi connectivity index (χ3n) is 1.54. The highest BCUT2D eigenvalue weighted by Crippen LogP contribution is 2.13. The fraction of sp³-hybridized carbons (Fsp3) is 0.125. The molecule has 12 heavy (non-hydrogen) atoms. The van der Waals surface area contributed by atoms with Gasteiger partial charge in [-0.3, -0.25) is 10.0 Å². The Morgan fingerprint density at radius 3 is 2.67 bits per heavy atom. The molecule has 0 radical (unpaired) electrons. The van der Waals surface area contributed by atoms with Crippen molar-refractivity contribution in [3.8, 4) is 0 Å². The first-order valence-electron chi connectivity index (χ1n) is 3.51. The molecule has 0 aliphatic carbocycles. The van der Waals surface area contributed by atoms with E-state index in [-0.39, 0.29) is 0 Å². The first-order chi connectivity index (χ1) is 5.79. The molecule has 0 saturated carbocycles. The van der Waals surface area contributed by atoms with Crippen LogP contribution in [0.15, 0.2) is 24.3 Å². The molecule has 0 saturated heterocycles. The van der Waals surface area contributed by atoms with Crippen molar-refractivity contribution in [2.75, 3.05) is 12.4 Å². The summed E-state index contributed by atoms with van der Waals surface area (Å²) in [5.41, 5.74) is 2.68. The Balaban J connectivity index is 3.04. The summed E-state index contributed by atoms with van der Waals surface area (Å²) < 4.78 is 0. The van der Waals surface area contributed by atoms with Crippen LogP contribution in [0.3, 0.4) is 0 Å². The Labute approximate surface area is 70.2 Å². The highest BCUT2D eigenvalue weighted by molar-refractivity contribution is 5.98. The van der Waals surface area contributed by atoms with Crippen LogP contribution in [0, 0.1) is 0 Å².